The van der Waals surface area contributed by atoms with Gasteiger partial charge in [0.2, 0.25) is 0 Å². The number of hydrogen-bond donors (Lipinski definition) is 2. The number of nitro benzene ring substituents is 1. The van der Waals surface area contributed by atoms with Crippen LogP contribution in [0.4, 0.5) is 11.4 Å². The Morgan fingerprint density at radius 2 is 1.50 bits per heavy atom. The van der Waals surface area contributed by atoms with Gasteiger partial charge in [-0.1, -0.05) is 30.3 Å². The Labute approximate surface area is 277 Å². The summed E-state index contributed by atoms with van der Waals surface area (Å²) in [4.78, 5) is 51.4. The van der Waals surface area contributed by atoms with Crippen LogP contribution in [0, 0.1) is 10.1 Å². The summed E-state index contributed by atoms with van der Waals surface area (Å²) in [5.41, 5.74) is 5.06. The molecular weight excluding hydrogens is 614 g/mol. The van der Waals surface area contributed by atoms with Gasteiger partial charge >= 0.3 is 5.97 Å². The number of hydrogen-bond acceptors (Lipinski definition) is 9. The lowest BCUT2D eigenvalue weighted by Gasteiger charge is -2.21. The molecule has 0 spiro atoms. The van der Waals surface area contributed by atoms with E-state index in [-0.39, 0.29) is 35.1 Å². The fourth-order valence-corrected chi connectivity index (χ4v) is 4.54. The van der Waals surface area contributed by atoms with Gasteiger partial charge in [-0.3, -0.25) is 19.7 Å². The van der Waals surface area contributed by atoms with E-state index in [1.807, 2.05) is 24.3 Å². The third-order valence-electron chi connectivity index (χ3n) is 7.03. The number of carbonyl (C=O) groups is 3. The number of amides is 2. The maximum Gasteiger partial charge on any atom is 0.343 e. The molecule has 0 fully saturated rings. The average Bonchev–Trinajstić information content (AvgIpc) is 3.10. The minimum absolute atomic E-state index is 0.0138. The average molecular weight is 650 g/mol. The molecule has 0 saturated carbocycles. The molecule has 0 aliphatic carbocycles. The highest BCUT2D eigenvalue weighted by molar-refractivity contribution is 6.05. The second-order valence-electron chi connectivity index (χ2n) is 10.2. The highest BCUT2D eigenvalue weighted by atomic mass is 16.6. The molecule has 246 valence electrons. The van der Waals surface area contributed by atoms with Crippen LogP contribution in [-0.4, -0.2) is 48.6 Å². The minimum Gasteiger partial charge on any atom is -0.490 e. The van der Waals surface area contributed by atoms with Crippen molar-refractivity contribution in [1.82, 2.24) is 10.7 Å². The predicted octanol–water partition coefficient (Wildman–Crippen LogP) is 5.98. The van der Waals surface area contributed by atoms with E-state index < -0.39 is 22.7 Å². The van der Waals surface area contributed by atoms with Crippen molar-refractivity contribution in [3.8, 4) is 11.5 Å². The summed E-state index contributed by atoms with van der Waals surface area (Å²) in [7, 11) is 0. The maximum absolute atomic E-state index is 13.3. The molecule has 4 rings (SSSR count). The van der Waals surface area contributed by atoms with E-state index in [1.165, 1.54) is 36.5 Å². The van der Waals surface area contributed by atoms with Gasteiger partial charge < -0.3 is 19.7 Å². The van der Waals surface area contributed by atoms with E-state index in [0.717, 1.165) is 18.8 Å². The summed E-state index contributed by atoms with van der Waals surface area (Å²) in [6, 6.07) is 25.9. The van der Waals surface area contributed by atoms with Crippen molar-refractivity contribution in [3.05, 3.63) is 135 Å². The number of nitrogens with zero attached hydrogens (tertiary/aromatic N) is 3. The molecule has 0 unspecified atom stereocenters. The molecular formula is C36H35N5O7. The van der Waals surface area contributed by atoms with Crippen molar-refractivity contribution in [1.29, 1.82) is 0 Å². The summed E-state index contributed by atoms with van der Waals surface area (Å²) >= 11 is 0. The number of ether oxygens (including phenoxy) is 2. The van der Waals surface area contributed by atoms with Crippen LogP contribution in [0.5, 0.6) is 11.5 Å². The van der Waals surface area contributed by atoms with Crippen LogP contribution in [0.1, 0.15) is 52.6 Å². The quantitative estimate of drug-likeness (QED) is 0.0423. The van der Waals surface area contributed by atoms with Crippen molar-refractivity contribution < 1.29 is 28.8 Å². The molecule has 0 atom stereocenters. The van der Waals surface area contributed by atoms with Crippen LogP contribution < -0.4 is 25.1 Å². The Morgan fingerprint density at radius 1 is 0.833 bits per heavy atom. The zero-order valence-electron chi connectivity index (χ0n) is 26.7. The first kappa shape index (κ1) is 34.6. The number of benzene rings is 4. The van der Waals surface area contributed by atoms with Gasteiger partial charge in [0.25, 0.3) is 17.5 Å². The van der Waals surface area contributed by atoms with Crippen LogP contribution in [0.3, 0.4) is 0 Å². The lowest BCUT2D eigenvalue weighted by atomic mass is 10.1. The molecule has 48 heavy (non-hydrogen) atoms. The van der Waals surface area contributed by atoms with E-state index in [0.29, 0.717) is 16.7 Å². The first-order valence-electron chi connectivity index (χ1n) is 15.2. The summed E-state index contributed by atoms with van der Waals surface area (Å²) in [6.45, 7) is 7.89. The van der Waals surface area contributed by atoms with Crippen molar-refractivity contribution in [2.75, 3.05) is 24.6 Å². The van der Waals surface area contributed by atoms with E-state index in [4.69, 9.17) is 9.47 Å². The van der Waals surface area contributed by atoms with Crippen LogP contribution in [0.2, 0.25) is 0 Å². The molecule has 0 saturated heterocycles. The van der Waals surface area contributed by atoms with Crippen molar-refractivity contribution >= 4 is 41.4 Å². The summed E-state index contributed by atoms with van der Waals surface area (Å²) in [5.74, 6) is -1.46. The Bertz CT molecular complexity index is 1800. The monoisotopic (exact) mass is 649 g/mol. The van der Waals surface area contributed by atoms with Crippen molar-refractivity contribution in [2.45, 2.75) is 20.8 Å². The predicted molar refractivity (Wildman–Crippen MR) is 183 cm³/mol. The smallest absolute Gasteiger partial charge is 0.343 e. The van der Waals surface area contributed by atoms with Gasteiger partial charge in [0.15, 0.2) is 11.5 Å². The van der Waals surface area contributed by atoms with E-state index >= 15 is 0 Å². The molecule has 0 radical (unpaired) electrons. The lowest BCUT2D eigenvalue weighted by molar-refractivity contribution is -0.384. The van der Waals surface area contributed by atoms with Crippen LogP contribution in [0.15, 0.2) is 108 Å². The summed E-state index contributed by atoms with van der Waals surface area (Å²) in [6.07, 6.45) is 2.94. The van der Waals surface area contributed by atoms with E-state index in [1.54, 1.807) is 55.5 Å². The molecule has 2 N–H and O–H groups in total. The Kier molecular flexibility index (Phi) is 12.1. The Hall–Kier alpha value is -6.30. The minimum atomic E-state index is -0.723. The number of anilines is 1. The fourth-order valence-electron chi connectivity index (χ4n) is 4.54. The number of nitrogens with one attached hydrogen (secondary N) is 2. The molecule has 2 amide bonds. The van der Waals surface area contributed by atoms with E-state index in [9.17, 15) is 24.5 Å². The molecule has 0 aliphatic rings. The SMILES string of the molecule is CCOc1cc(/C=N\NC(=O)/C(=C\c2ccc(N(CC)CC)cc2)NC(=O)c2ccccc2)ccc1OC(=O)c1ccc([N+](=O)[O-])cc1. The van der Waals surface area contributed by atoms with Crippen molar-refractivity contribution in [2.24, 2.45) is 5.10 Å². The van der Waals surface area contributed by atoms with Crippen LogP contribution in [0.25, 0.3) is 6.08 Å². The second kappa shape index (κ2) is 16.9. The first-order chi connectivity index (χ1) is 23.2. The number of hydrazone groups is 1. The molecule has 0 aromatic heterocycles. The van der Waals surface area contributed by atoms with Gasteiger partial charge in [0.05, 0.1) is 23.3 Å². The number of nitro groups is 1. The Balaban J connectivity index is 1.50. The lowest BCUT2D eigenvalue weighted by Crippen LogP contribution is -2.32. The molecule has 0 bridgehead atoms. The van der Waals surface area contributed by atoms with Gasteiger partial charge in [0, 0.05) is 36.5 Å². The molecule has 0 aliphatic heterocycles. The Morgan fingerprint density at radius 3 is 2.12 bits per heavy atom. The summed E-state index contributed by atoms with van der Waals surface area (Å²) in [5, 5.41) is 17.7. The largest absolute Gasteiger partial charge is 0.490 e. The molecule has 4 aromatic carbocycles. The molecule has 0 heterocycles. The summed E-state index contributed by atoms with van der Waals surface area (Å²) < 4.78 is 11.1. The topological polar surface area (TPSA) is 152 Å². The van der Waals surface area contributed by atoms with Crippen LogP contribution >= 0.6 is 0 Å². The van der Waals surface area contributed by atoms with Gasteiger partial charge in [-0.2, -0.15) is 5.10 Å². The number of rotatable bonds is 14. The normalized spacial score (nSPS) is 11.1. The highest BCUT2D eigenvalue weighted by Gasteiger charge is 2.16. The van der Waals surface area contributed by atoms with Gasteiger partial charge in [-0.05, 0) is 92.6 Å². The second-order valence-corrected chi connectivity index (χ2v) is 10.2. The zero-order chi connectivity index (χ0) is 34.5. The molecule has 12 nitrogen and oxygen atoms in total. The first-order valence-corrected chi connectivity index (χ1v) is 15.2. The maximum atomic E-state index is 13.3. The third-order valence-corrected chi connectivity index (χ3v) is 7.03. The highest BCUT2D eigenvalue weighted by Crippen LogP contribution is 2.29. The zero-order valence-corrected chi connectivity index (χ0v) is 26.7. The number of non-ortho nitro benzene ring substituents is 1. The molecule has 12 heteroatoms. The number of carbonyl (C=O) groups excluding carboxylic acids is 3. The third kappa shape index (κ3) is 9.36. The van der Waals surface area contributed by atoms with E-state index in [2.05, 4.69) is 34.6 Å². The van der Waals surface area contributed by atoms with Crippen molar-refractivity contribution in [3.63, 3.8) is 0 Å². The fraction of sp³-hybridized carbons (Fsp3) is 0.167. The van der Waals surface area contributed by atoms with Gasteiger partial charge in [0.1, 0.15) is 5.70 Å². The van der Waals surface area contributed by atoms with Crippen LogP contribution in [-0.2, 0) is 4.79 Å². The van der Waals surface area contributed by atoms with Gasteiger partial charge in [-0.25, -0.2) is 10.2 Å². The molecule has 4 aromatic rings. The number of esters is 1. The van der Waals surface area contributed by atoms with Gasteiger partial charge in [-0.15, -0.1) is 0 Å². The standard InChI is InChI=1S/C36H35N5O7/c1-4-40(5-2)29-17-12-25(13-18-29)22-31(38-34(42)27-10-8-7-9-11-27)35(43)39-37-24-26-14-21-32(33(23-26)47-6-3)48-36(44)28-15-19-30(20-16-28)41(45)46/h7-24H,4-6H2,1-3H3,(H,38,42)(H,39,43)/b31-22+,37-24-.